The number of amides is 4. The van der Waals surface area contributed by atoms with E-state index < -0.39 is 30.2 Å². The number of nitrogens with zero attached hydrogens (tertiary/aromatic N) is 1. The highest BCUT2D eigenvalue weighted by molar-refractivity contribution is 6.08. The molecule has 2 aliphatic carbocycles. The number of hydrogen-bond acceptors (Lipinski definition) is 5. The van der Waals surface area contributed by atoms with Gasteiger partial charge in [0.15, 0.2) is 6.10 Å². The van der Waals surface area contributed by atoms with Crippen LogP contribution < -0.4 is 10.6 Å². The van der Waals surface area contributed by atoms with Crippen LogP contribution in [-0.4, -0.2) is 52.9 Å². The molecule has 0 aromatic rings. The van der Waals surface area contributed by atoms with E-state index in [1.54, 1.807) is 0 Å². The fourth-order valence-corrected chi connectivity index (χ4v) is 5.63. The number of carbonyl (C=O) groups excluding carboxylic acids is 4. The van der Waals surface area contributed by atoms with Crippen LogP contribution in [0.4, 0.5) is 4.79 Å². The van der Waals surface area contributed by atoms with E-state index in [0.29, 0.717) is 12.8 Å². The van der Waals surface area contributed by atoms with E-state index in [4.69, 9.17) is 4.74 Å². The topological polar surface area (TPSA) is 105 Å². The Labute approximate surface area is 178 Å². The molecule has 30 heavy (non-hydrogen) atoms. The molecule has 3 atom stereocenters. The standard InChI is InChI=1S/C22H35N3O5/c1-14-10-21(3,4)13-22(11-14)19(28)25(20(29)24-22)12-17(26)30-15(2)18(27)23-16-8-6-5-7-9-16/h14-16H,5-13H2,1-4H3,(H,23,27)(H,24,29). The summed E-state index contributed by atoms with van der Waals surface area (Å²) in [4.78, 5) is 51.2. The van der Waals surface area contributed by atoms with Gasteiger partial charge in [-0.15, -0.1) is 0 Å². The van der Waals surface area contributed by atoms with Gasteiger partial charge in [0.2, 0.25) is 0 Å². The molecule has 2 saturated carbocycles. The summed E-state index contributed by atoms with van der Waals surface area (Å²) in [7, 11) is 0. The highest BCUT2D eigenvalue weighted by Gasteiger charge is 2.56. The number of rotatable bonds is 5. The minimum absolute atomic E-state index is 0.0805. The first kappa shape index (κ1) is 22.6. The number of imide groups is 1. The summed E-state index contributed by atoms with van der Waals surface area (Å²) in [5.74, 6) is -1.19. The fraction of sp³-hybridized carbons (Fsp3) is 0.818. The Hall–Kier alpha value is -2.12. The summed E-state index contributed by atoms with van der Waals surface area (Å²) in [5, 5.41) is 5.76. The number of carbonyl (C=O) groups is 4. The predicted molar refractivity (Wildman–Crippen MR) is 110 cm³/mol. The van der Waals surface area contributed by atoms with Gasteiger partial charge < -0.3 is 15.4 Å². The maximum absolute atomic E-state index is 13.1. The second kappa shape index (κ2) is 8.55. The highest BCUT2D eigenvalue weighted by atomic mass is 16.5. The van der Waals surface area contributed by atoms with Crippen LogP contribution in [0, 0.1) is 11.3 Å². The van der Waals surface area contributed by atoms with Crippen molar-refractivity contribution in [3.63, 3.8) is 0 Å². The minimum Gasteiger partial charge on any atom is -0.451 e. The first-order valence-corrected chi connectivity index (χ1v) is 11.2. The van der Waals surface area contributed by atoms with Crippen molar-refractivity contribution in [2.75, 3.05) is 6.54 Å². The molecule has 8 heteroatoms. The molecular formula is C22H35N3O5. The molecule has 0 aromatic carbocycles. The number of hydrogen-bond donors (Lipinski definition) is 2. The summed E-state index contributed by atoms with van der Waals surface area (Å²) in [6, 6.07) is -0.448. The zero-order chi connectivity index (χ0) is 22.1. The lowest BCUT2D eigenvalue weighted by Gasteiger charge is -2.43. The predicted octanol–water partition coefficient (Wildman–Crippen LogP) is 2.50. The Balaban J connectivity index is 1.56. The van der Waals surface area contributed by atoms with Gasteiger partial charge in [0, 0.05) is 6.04 Å². The molecule has 3 aliphatic rings. The Morgan fingerprint density at radius 2 is 1.87 bits per heavy atom. The van der Waals surface area contributed by atoms with Crippen LogP contribution >= 0.6 is 0 Å². The lowest BCUT2D eigenvalue weighted by atomic mass is 9.64. The van der Waals surface area contributed by atoms with Crippen LogP contribution in [0.5, 0.6) is 0 Å². The van der Waals surface area contributed by atoms with Crippen LogP contribution in [-0.2, 0) is 19.1 Å². The van der Waals surface area contributed by atoms with Crippen LogP contribution in [0.3, 0.4) is 0 Å². The second-order valence-corrected chi connectivity index (χ2v) is 10.2. The molecule has 3 fully saturated rings. The molecule has 1 spiro atoms. The van der Waals surface area contributed by atoms with E-state index in [1.807, 2.05) is 0 Å². The molecule has 2 N–H and O–H groups in total. The molecule has 0 bridgehead atoms. The average Bonchev–Trinajstić information content (AvgIpc) is 2.84. The van der Waals surface area contributed by atoms with Crippen molar-refractivity contribution in [1.82, 2.24) is 15.5 Å². The zero-order valence-corrected chi connectivity index (χ0v) is 18.6. The van der Waals surface area contributed by atoms with Crippen molar-refractivity contribution in [3.05, 3.63) is 0 Å². The lowest BCUT2D eigenvalue weighted by molar-refractivity contribution is -0.157. The highest BCUT2D eigenvalue weighted by Crippen LogP contribution is 2.46. The largest absolute Gasteiger partial charge is 0.451 e. The van der Waals surface area contributed by atoms with E-state index >= 15 is 0 Å². The minimum atomic E-state index is -0.970. The third-order valence-electron chi connectivity index (χ3n) is 6.54. The first-order chi connectivity index (χ1) is 14.0. The number of esters is 1. The van der Waals surface area contributed by atoms with Gasteiger partial charge in [0.25, 0.3) is 11.8 Å². The molecule has 8 nitrogen and oxygen atoms in total. The van der Waals surface area contributed by atoms with Crippen molar-refractivity contribution in [2.24, 2.45) is 11.3 Å². The molecule has 1 aliphatic heterocycles. The SMILES string of the molecule is CC1CC(C)(C)CC2(C1)NC(=O)N(CC(=O)OC(C)C(=O)NC1CCCCC1)C2=O. The quantitative estimate of drug-likeness (QED) is 0.524. The van der Waals surface area contributed by atoms with Crippen molar-refractivity contribution < 1.29 is 23.9 Å². The molecule has 3 unspecified atom stereocenters. The monoisotopic (exact) mass is 421 g/mol. The average molecular weight is 422 g/mol. The Kier molecular flexibility index (Phi) is 6.43. The maximum Gasteiger partial charge on any atom is 0.327 e. The summed E-state index contributed by atoms with van der Waals surface area (Å²) in [6.07, 6.45) is 6.34. The summed E-state index contributed by atoms with van der Waals surface area (Å²) >= 11 is 0. The third-order valence-corrected chi connectivity index (χ3v) is 6.54. The Bertz CT molecular complexity index is 716. The van der Waals surface area contributed by atoms with Gasteiger partial charge in [0.05, 0.1) is 0 Å². The van der Waals surface area contributed by atoms with E-state index in [9.17, 15) is 19.2 Å². The van der Waals surface area contributed by atoms with Crippen LogP contribution in [0.15, 0.2) is 0 Å². The van der Waals surface area contributed by atoms with Crippen molar-refractivity contribution in [2.45, 2.75) is 96.7 Å². The van der Waals surface area contributed by atoms with Gasteiger partial charge in [-0.2, -0.15) is 0 Å². The van der Waals surface area contributed by atoms with Gasteiger partial charge in [-0.05, 0) is 50.4 Å². The van der Waals surface area contributed by atoms with E-state index in [2.05, 4.69) is 31.4 Å². The Morgan fingerprint density at radius 3 is 2.50 bits per heavy atom. The summed E-state index contributed by atoms with van der Waals surface area (Å²) in [5.41, 5.74) is -1.04. The number of urea groups is 1. The maximum atomic E-state index is 13.1. The lowest BCUT2D eigenvalue weighted by Crippen LogP contribution is -2.54. The summed E-state index contributed by atoms with van der Waals surface area (Å²) < 4.78 is 5.23. The fourth-order valence-electron chi connectivity index (χ4n) is 5.63. The normalized spacial score (nSPS) is 30.1. The second-order valence-electron chi connectivity index (χ2n) is 10.2. The van der Waals surface area contributed by atoms with E-state index in [-0.39, 0.29) is 29.2 Å². The molecule has 0 radical (unpaired) electrons. The van der Waals surface area contributed by atoms with Crippen molar-refractivity contribution in [1.29, 1.82) is 0 Å². The smallest absolute Gasteiger partial charge is 0.327 e. The van der Waals surface area contributed by atoms with Gasteiger partial charge in [-0.1, -0.05) is 40.0 Å². The van der Waals surface area contributed by atoms with Gasteiger partial charge >= 0.3 is 12.0 Å². The molecule has 3 rings (SSSR count). The van der Waals surface area contributed by atoms with Crippen molar-refractivity contribution in [3.8, 4) is 0 Å². The molecule has 0 aromatic heterocycles. The summed E-state index contributed by atoms with van der Waals surface area (Å²) in [6.45, 7) is 7.28. The van der Waals surface area contributed by atoms with Crippen molar-refractivity contribution >= 4 is 23.8 Å². The molecule has 1 heterocycles. The van der Waals surface area contributed by atoms with Crippen LogP contribution in [0.25, 0.3) is 0 Å². The van der Waals surface area contributed by atoms with Gasteiger partial charge in [0.1, 0.15) is 12.1 Å². The van der Waals surface area contributed by atoms with E-state index in [0.717, 1.165) is 37.0 Å². The molecule has 4 amide bonds. The van der Waals surface area contributed by atoms with Crippen LogP contribution in [0.1, 0.15) is 79.1 Å². The number of nitrogens with one attached hydrogen (secondary N) is 2. The van der Waals surface area contributed by atoms with Gasteiger partial charge in [-0.3, -0.25) is 19.3 Å². The zero-order valence-electron chi connectivity index (χ0n) is 18.6. The first-order valence-electron chi connectivity index (χ1n) is 11.2. The number of ether oxygens (including phenoxy) is 1. The molecule has 1 saturated heterocycles. The Morgan fingerprint density at radius 1 is 1.20 bits per heavy atom. The third kappa shape index (κ3) is 4.95. The van der Waals surface area contributed by atoms with Crippen LogP contribution in [0.2, 0.25) is 0 Å². The molecular weight excluding hydrogens is 386 g/mol. The van der Waals surface area contributed by atoms with Gasteiger partial charge in [-0.25, -0.2) is 4.79 Å². The van der Waals surface area contributed by atoms with E-state index in [1.165, 1.54) is 13.3 Å². The molecule has 168 valence electrons.